The van der Waals surface area contributed by atoms with Gasteiger partial charge in [0.15, 0.2) is 0 Å². The third-order valence-electron chi connectivity index (χ3n) is 4.57. The number of esters is 2. The van der Waals surface area contributed by atoms with Gasteiger partial charge in [-0.05, 0) is 33.6 Å². The lowest BCUT2D eigenvalue weighted by atomic mass is 9.93. The fraction of sp³-hybridized carbons (Fsp3) is 0.867. The first-order chi connectivity index (χ1) is 19.0. The van der Waals surface area contributed by atoms with Crippen LogP contribution in [0.3, 0.4) is 0 Å². The summed E-state index contributed by atoms with van der Waals surface area (Å²) in [4.78, 5) is 45.7. The number of hydrogen-bond acceptors (Lipinski definition) is 8. The van der Waals surface area contributed by atoms with Crippen molar-refractivity contribution < 1.29 is 38.1 Å². The van der Waals surface area contributed by atoms with Crippen LogP contribution in [0.5, 0.6) is 0 Å². The number of hydrogen-bond donors (Lipinski definition) is 2. The predicted molar refractivity (Wildman–Crippen MR) is 163 cm³/mol. The number of carbonyl (C=O) groups is 4. The van der Waals surface area contributed by atoms with Gasteiger partial charge in [0.05, 0.1) is 45.4 Å². The fourth-order valence-corrected chi connectivity index (χ4v) is 2.60. The first kappa shape index (κ1) is 47.6. The summed E-state index contributed by atoms with van der Waals surface area (Å²) < 4.78 is 19.8. The summed E-state index contributed by atoms with van der Waals surface area (Å²) in [5, 5.41) is 5.47. The van der Waals surface area contributed by atoms with E-state index in [2.05, 4.69) is 15.4 Å². The number of rotatable bonds is 16. The normalized spacial score (nSPS) is 10.9. The van der Waals surface area contributed by atoms with Crippen LogP contribution in [-0.2, 0) is 38.1 Å². The van der Waals surface area contributed by atoms with Gasteiger partial charge in [-0.15, -0.1) is 0 Å². The lowest BCUT2D eigenvalue weighted by Crippen LogP contribution is -2.36. The van der Waals surface area contributed by atoms with Gasteiger partial charge in [-0.25, -0.2) is 0 Å². The Kier molecular flexibility index (Phi) is 43.8. The Morgan fingerprint density at radius 3 is 1.68 bits per heavy atom. The third kappa shape index (κ3) is 33.8. The van der Waals surface area contributed by atoms with Gasteiger partial charge in [-0.2, -0.15) is 0 Å². The van der Waals surface area contributed by atoms with Crippen molar-refractivity contribution in [3.8, 4) is 0 Å². The number of methoxy groups -OCH3 is 1. The van der Waals surface area contributed by atoms with E-state index in [4.69, 9.17) is 14.2 Å². The molecule has 0 aromatic rings. The molecule has 0 radical (unpaired) electrons. The predicted octanol–water partition coefficient (Wildman–Crippen LogP) is 5.17. The summed E-state index contributed by atoms with van der Waals surface area (Å²) in [6.07, 6.45) is 0.427. The van der Waals surface area contributed by atoms with Crippen LogP contribution in [0.25, 0.3) is 0 Å². The summed E-state index contributed by atoms with van der Waals surface area (Å²) in [5.74, 6) is -1.63. The standard InChI is InChI=1S/C14H28N2O4.C10H18O4.3C2H6/c1-5-19-8-6-15-13(17)10-12(4)14(18)16-7-9-20-11(2)3;1-5-14-10(12)8(7(2)3)6-9(11)13-4;3*1-2/h11-12H,5-10H2,1-4H3,(H,15,17)(H,16,18);7-8H,5-6H2,1-4H3;3*1-2H3. The van der Waals surface area contributed by atoms with E-state index in [1.54, 1.807) is 13.8 Å². The Morgan fingerprint density at radius 1 is 0.725 bits per heavy atom. The van der Waals surface area contributed by atoms with E-state index in [9.17, 15) is 19.2 Å². The van der Waals surface area contributed by atoms with Crippen LogP contribution in [0.15, 0.2) is 0 Å². The second-order valence-electron chi connectivity index (χ2n) is 8.25. The van der Waals surface area contributed by atoms with E-state index in [1.807, 2.05) is 76.2 Å². The van der Waals surface area contributed by atoms with Crippen molar-refractivity contribution in [1.82, 2.24) is 10.6 Å². The van der Waals surface area contributed by atoms with E-state index in [0.29, 0.717) is 39.5 Å². The fourth-order valence-electron chi connectivity index (χ4n) is 2.60. The quantitative estimate of drug-likeness (QED) is 0.189. The van der Waals surface area contributed by atoms with Gasteiger partial charge in [0, 0.05) is 32.0 Å². The number of carbonyl (C=O) groups excluding carboxylic acids is 4. The highest BCUT2D eigenvalue weighted by Gasteiger charge is 2.26. The zero-order valence-corrected chi connectivity index (χ0v) is 28.2. The van der Waals surface area contributed by atoms with Crippen molar-refractivity contribution in [1.29, 1.82) is 0 Å². The molecule has 0 spiro atoms. The van der Waals surface area contributed by atoms with Gasteiger partial charge in [0.1, 0.15) is 0 Å². The second kappa shape index (κ2) is 36.8. The molecule has 2 N–H and O–H groups in total. The van der Waals surface area contributed by atoms with Gasteiger partial charge in [-0.1, -0.05) is 62.3 Å². The number of ether oxygens (including phenoxy) is 4. The summed E-state index contributed by atoms with van der Waals surface area (Å²) in [5.41, 5.74) is 0. The van der Waals surface area contributed by atoms with Crippen LogP contribution in [-0.4, -0.2) is 76.5 Å². The van der Waals surface area contributed by atoms with Crippen LogP contribution in [0.4, 0.5) is 0 Å². The van der Waals surface area contributed by atoms with Crippen molar-refractivity contribution in [3.05, 3.63) is 0 Å². The molecule has 242 valence electrons. The van der Waals surface area contributed by atoms with Crippen molar-refractivity contribution in [2.45, 2.75) is 109 Å². The van der Waals surface area contributed by atoms with Crippen molar-refractivity contribution in [2.24, 2.45) is 17.8 Å². The molecule has 10 nitrogen and oxygen atoms in total. The lowest BCUT2D eigenvalue weighted by molar-refractivity contribution is -0.155. The van der Waals surface area contributed by atoms with Crippen LogP contribution in [0.1, 0.15) is 103 Å². The van der Waals surface area contributed by atoms with Crippen LogP contribution >= 0.6 is 0 Å². The van der Waals surface area contributed by atoms with Crippen molar-refractivity contribution >= 4 is 23.8 Å². The van der Waals surface area contributed by atoms with Gasteiger partial charge < -0.3 is 29.6 Å². The minimum Gasteiger partial charge on any atom is -0.469 e. The molecule has 0 heterocycles. The lowest BCUT2D eigenvalue weighted by Gasteiger charge is -2.17. The molecule has 2 amide bonds. The zero-order valence-electron chi connectivity index (χ0n) is 28.2. The molecule has 0 aromatic carbocycles. The maximum absolute atomic E-state index is 11.7. The van der Waals surface area contributed by atoms with Gasteiger partial charge in [-0.3, -0.25) is 19.2 Å². The molecule has 0 fully saturated rings. The van der Waals surface area contributed by atoms with Gasteiger partial charge >= 0.3 is 11.9 Å². The third-order valence-corrected chi connectivity index (χ3v) is 4.57. The SMILES string of the molecule is CC.CC.CC.CCOC(=O)C(CC(=O)OC)C(C)C.CCOCCNC(=O)CC(C)C(=O)NCCOC(C)C. The summed E-state index contributed by atoms with van der Waals surface area (Å²) >= 11 is 0. The van der Waals surface area contributed by atoms with E-state index in [-0.39, 0.29) is 54.5 Å². The topological polar surface area (TPSA) is 129 Å². The molecule has 0 saturated heterocycles. The van der Waals surface area contributed by atoms with Crippen LogP contribution < -0.4 is 10.6 Å². The van der Waals surface area contributed by atoms with Gasteiger partial charge in [0.2, 0.25) is 11.8 Å². The van der Waals surface area contributed by atoms with E-state index < -0.39 is 5.92 Å². The molecule has 40 heavy (non-hydrogen) atoms. The Morgan fingerprint density at radius 2 is 1.25 bits per heavy atom. The van der Waals surface area contributed by atoms with E-state index in [1.165, 1.54) is 7.11 Å². The number of amides is 2. The maximum Gasteiger partial charge on any atom is 0.309 e. The Hall–Kier alpha value is -2.20. The minimum absolute atomic E-state index is 0.0770. The molecular weight excluding hydrogens is 516 g/mol. The highest BCUT2D eigenvalue weighted by atomic mass is 16.5. The first-order valence-corrected chi connectivity index (χ1v) is 15.0. The van der Waals surface area contributed by atoms with E-state index in [0.717, 1.165) is 0 Å². The molecular formula is C30H64N2O8. The smallest absolute Gasteiger partial charge is 0.309 e. The Labute approximate surface area is 246 Å². The zero-order chi connectivity index (χ0) is 32.5. The molecule has 0 aliphatic carbocycles. The summed E-state index contributed by atoms with van der Waals surface area (Å²) in [6, 6.07) is 0. The molecule has 0 saturated carbocycles. The summed E-state index contributed by atoms with van der Waals surface area (Å²) in [6.45, 7) is 27.9. The molecule has 0 rings (SSSR count). The van der Waals surface area contributed by atoms with Crippen molar-refractivity contribution in [3.63, 3.8) is 0 Å². The molecule has 0 bridgehead atoms. The highest BCUT2D eigenvalue weighted by molar-refractivity contribution is 5.85. The molecule has 2 atom stereocenters. The van der Waals surface area contributed by atoms with Crippen LogP contribution in [0, 0.1) is 17.8 Å². The highest BCUT2D eigenvalue weighted by Crippen LogP contribution is 2.17. The average Bonchev–Trinajstić information content (AvgIpc) is 2.95. The monoisotopic (exact) mass is 580 g/mol. The molecule has 0 aliphatic heterocycles. The Bertz CT molecular complexity index is 584. The minimum atomic E-state index is -0.401. The maximum atomic E-state index is 11.7. The largest absolute Gasteiger partial charge is 0.469 e. The molecule has 10 heteroatoms. The van der Waals surface area contributed by atoms with E-state index >= 15 is 0 Å². The summed E-state index contributed by atoms with van der Waals surface area (Å²) in [7, 11) is 1.31. The van der Waals surface area contributed by atoms with Crippen molar-refractivity contribution in [2.75, 3.05) is 46.6 Å². The second-order valence-corrected chi connectivity index (χ2v) is 8.25. The first-order valence-electron chi connectivity index (χ1n) is 15.0. The molecule has 2 unspecified atom stereocenters. The Balaban J connectivity index is -0.000000178. The molecule has 0 aliphatic rings. The van der Waals surface area contributed by atoms with Crippen LogP contribution in [0.2, 0.25) is 0 Å². The average molecular weight is 581 g/mol. The number of nitrogens with one attached hydrogen (secondary N) is 2. The van der Waals surface area contributed by atoms with Gasteiger partial charge in [0.25, 0.3) is 0 Å². The molecule has 0 aromatic heterocycles.